The number of aromatic nitrogens is 1. The zero-order valence-electron chi connectivity index (χ0n) is 27.3. The van der Waals surface area contributed by atoms with Crippen LogP contribution in [0.25, 0.3) is 6.08 Å². The average molecular weight is 631 g/mol. The van der Waals surface area contributed by atoms with Crippen molar-refractivity contribution >= 4 is 29.2 Å². The third-order valence-electron chi connectivity index (χ3n) is 9.44. The summed E-state index contributed by atoms with van der Waals surface area (Å²) < 4.78 is 20.1. The number of benzene rings is 2. The van der Waals surface area contributed by atoms with Crippen LogP contribution in [-0.4, -0.2) is 48.6 Å². The Balaban J connectivity index is 1.28. The summed E-state index contributed by atoms with van der Waals surface area (Å²) in [4.78, 5) is 12.3. The molecule has 0 bridgehead atoms. The topological polar surface area (TPSA) is 31.8 Å². The minimum atomic E-state index is -0.375. The van der Waals surface area contributed by atoms with Gasteiger partial charge in [0.2, 0.25) is 5.88 Å². The molecule has 7 heteroatoms. The fourth-order valence-corrected chi connectivity index (χ4v) is 6.99. The van der Waals surface area contributed by atoms with Crippen molar-refractivity contribution in [3.05, 3.63) is 100 Å². The maximum atomic E-state index is 14.2. The van der Waals surface area contributed by atoms with E-state index < -0.39 is 0 Å². The van der Waals surface area contributed by atoms with Gasteiger partial charge in [0.25, 0.3) is 0 Å². The van der Waals surface area contributed by atoms with Crippen molar-refractivity contribution in [2.24, 2.45) is 11.8 Å². The van der Waals surface area contributed by atoms with Gasteiger partial charge in [-0.05, 0) is 80.3 Å². The molecule has 1 saturated carbocycles. The molecule has 240 valence electrons. The Morgan fingerprint density at radius 3 is 2.62 bits per heavy atom. The molecule has 2 aliphatic rings. The summed E-state index contributed by atoms with van der Waals surface area (Å²) in [5.74, 6) is 2.50. The van der Waals surface area contributed by atoms with Crippen molar-refractivity contribution in [1.82, 2.24) is 9.88 Å². The van der Waals surface area contributed by atoms with Crippen LogP contribution in [-0.2, 0) is 6.61 Å². The van der Waals surface area contributed by atoms with E-state index >= 15 is 0 Å². The van der Waals surface area contributed by atoms with Crippen LogP contribution in [0.2, 0.25) is 5.02 Å². The van der Waals surface area contributed by atoms with Crippen LogP contribution in [0, 0.1) is 24.6 Å². The van der Waals surface area contributed by atoms with Crippen LogP contribution in [0.15, 0.2) is 72.9 Å². The largest absolute Gasteiger partial charge is 0.473 e. The first-order chi connectivity index (χ1) is 21.7. The quantitative estimate of drug-likeness (QED) is 0.199. The van der Waals surface area contributed by atoms with Gasteiger partial charge in [0, 0.05) is 66.8 Å². The molecule has 45 heavy (non-hydrogen) atoms. The Bertz CT molecular complexity index is 1480. The number of hydrogen-bond donors (Lipinski definition) is 0. The van der Waals surface area contributed by atoms with Crippen LogP contribution in [0.3, 0.4) is 0 Å². The molecular weight excluding hydrogens is 583 g/mol. The monoisotopic (exact) mass is 630 g/mol. The maximum absolute atomic E-state index is 14.2. The molecule has 3 atom stereocenters. The standard InChI is InChI=1S/C38H48ClFN4O/c1-6-9-35(44(25-31-14-12-27(3)22-31)36-23-30(7-2)15-13-28(36)4)29(5)42-18-20-43(21-19-42)37-10-8-11-38(41-37)45-26-32-16-17-33(39)24-34(32)40/h7-11,13,15-17,23-24,27,29,31H,2,6,12,14,18-22,25-26H2,1,3-5H3/b35-9+. The van der Waals surface area contributed by atoms with Crippen molar-refractivity contribution in [3.8, 4) is 5.88 Å². The molecule has 5 nitrogen and oxygen atoms in total. The summed E-state index contributed by atoms with van der Waals surface area (Å²) in [5, 5.41) is 0.371. The Morgan fingerprint density at radius 1 is 1.13 bits per heavy atom. The van der Waals surface area contributed by atoms with Gasteiger partial charge in [0.15, 0.2) is 0 Å². The summed E-state index contributed by atoms with van der Waals surface area (Å²) in [5.41, 5.74) is 5.62. The van der Waals surface area contributed by atoms with Crippen LogP contribution in [0.5, 0.6) is 5.88 Å². The van der Waals surface area contributed by atoms with Gasteiger partial charge in [-0.25, -0.2) is 4.39 Å². The second-order valence-electron chi connectivity index (χ2n) is 12.7. The van der Waals surface area contributed by atoms with Crippen LogP contribution in [0.4, 0.5) is 15.9 Å². The molecule has 3 unspecified atom stereocenters. The number of nitrogens with zero attached hydrogens (tertiary/aromatic N) is 4. The molecule has 0 N–H and O–H groups in total. The maximum Gasteiger partial charge on any atom is 0.215 e. The molecule has 1 aliphatic heterocycles. The van der Waals surface area contributed by atoms with E-state index in [0.29, 0.717) is 22.4 Å². The number of aryl methyl sites for hydroxylation is 1. The highest BCUT2D eigenvalue weighted by molar-refractivity contribution is 6.30. The van der Waals surface area contributed by atoms with Crippen LogP contribution in [0.1, 0.15) is 63.1 Å². The molecule has 0 amide bonds. The first-order valence-electron chi connectivity index (χ1n) is 16.5. The second-order valence-corrected chi connectivity index (χ2v) is 13.2. The lowest BCUT2D eigenvalue weighted by Gasteiger charge is -2.43. The van der Waals surface area contributed by atoms with Crippen molar-refractivity contribution in [1.29, 1.82) is 0 Å². The van der Waals surface area contributed by atoms with Crippen molar-refractivity contribution in [2.75, 3.05) is 42.5 Å². The smallest absolute Gasteiger partial charge is 0.215 e. The number of ether oxygens (including phenoxy) is 1. The molecule has 1 aromatic heterocycles. The van der Waals surface area contributed by atoms with Gasteiger partial charge in [-0.15, -0.1) is 0 Å². The summed E-state index contributed by atoms with van der Waals surface area (Å²) in [6, 6.07) is 17.4. The van der Waals surface area contributed by atoms with Crippen molar-refractivity contribution < 1.29 is 9.13 Å². The van der Waals surface area contributed by atoms with E-state index in [-0.39, 0.29) is 18.5 Å². The number of allylic oxidation sites excluding steroid dienone is 1. The molecule has 2 heterocycles. The minimum Gasteiger partial charge on any atom is -0.473 e. The molecule has 3 aromatic rings. The third kappa shape index (κ3) is 8.28. The lowest BCUT2D eigenvalue weighted by Crippen LogP contribution is -2.52. The number of piperazine rings is 1. The number of halogens is 2. The molecule has 2 fully saturated rings. The van der Waals surface area contributed by atoms with Gasteiger partial charge in [-0.1, -0.05) is 74.9 Å². The van der Waals surface area contributed by atoms with E-state index in [1.807, 2.05) is 24.3 Å². The molecule has 0 spiro atoms. The van der Waals surface area contributed by atoms with Gasteiger partial charge in [-0.3, -0.25) is 4.90 Å². The van der Waals surface area contributed by atoms with E-state index in [2.05, 4.69) is 73.2 Å². The number of pyridine rings is 1. The number of hydrogen-bond acceptors (Lipinski definition) is 5. The second kappa shape index (κ2) is 15.3. The summed E-state index contributed by atoms with van der Waals surface area (Å²) >= 11 is 5.89. The molecule has 2 aromatic carbocycles. The lowest BCUT2D eigenvalue weighted by molar-refractivity contribution is 0.215. The SMILES string of the molecule is C=Cc1ccc(C)c(N(CC2CCC(C)C2)/C(=C/CC)C(C)N2CCN(c3cccc(OCc4ccc(Cl)cc4F)n3)CC2)c1. The number of anilines is 2. The van der Waals surface area contributed by atoms with Gasteiger partial charge >= 0.3 is 0 Å². The van der Waals surface area contributed by atoms with E-state index in [4.69, 9.17) is 21.3 Å². The predicted octanol–water partition coefficient (Wildman–Crippen LogP) is 9.15. The van der Waals surface area contributed by atoms with Crippen LogP contribution >= 0.6 is 11.6 Å². The third-order valence-corrected chi connectivity index (χ3v) is 9.68. The Labute approximate surface area is 274 Å². The van der Waals surface area contributed by atoms with Gasteiger partial charge < -0.3 is 14.5 Å². The molecule has 1 aliphatic carbocycles. The Kier molecular flexibility index (Phi) is 11.2. The Hall–Kier alpha value is -3.35. The van der Waals surface area contributed by atoms with E-state index in [1.54, 1.807) is 12.1 Å². The molecule has 5 rings (SSSR count). The summed E-state index contributed by atoms with van der Waals surface area (Å²) in [6.07, 6.45) is 9.32. The van der Waals surface area contributed by atoms with E-state index in [1.165, 1.54) is 42.3 Å². The van der Waals surface area contributed by atoms with E-state index in [0.717, 1.165) is 56.4 Å². The Morgan fingerprint density at radius 2 is 1.93 bits per heavy atom. The van der Waals surface area contributed by atoms with Gasteiger partial charge in [0.05, 0.1) is 0 Å². The highest BCUT2D eigenvalue weighted by Gasteiger charge is 2.31. The fraction of sp³-hybridized carbons (Fsp3) is 0.447. The van der Waals surface area contributed by atoms with Gasteiger partial charge in [-0.2, -0.15) is 4.98 Å². The van der Waals surface area contributed by atoms with E-state index in [9.17, 15) is 4.39 Å². The fourth-order valence-electron chi connectivity index (χ4n) is 6.83. The molecular formula is C38H48ClFN4O. The zero-order chi connectivity index (χ0) is 31.9. The van der Waals surface area contributed by atoms with Crippen molar-refractivity contribution in [2.45, 2.75) is 66.0 Å². The number of rotatable bonds is 12. The van der Waals surface area contributed by atoms with Crippen LogP contribution < -0.4 is 14.5 Å². The first-order valence-corrected chi connectivity index (χ1v) is 16.9. The lowest BCUT2D eigenvalue weighted by atomic mass is 10.0. The van der Waals surface area contributed by atoms with Crippen molar-refractivity contribution in [3.63, 3.8) is 0 Å². The first kappa shape index (κ1) is 33.0. The average Bonchev–Trinajstić information content (AvgIpc) is 3.47. The minimum absolute atomic E-state index is 0.0999. The van der Waals surface area contributed by atoms with Gasteiger partial charge in [0.1, 0.15) is 18.2 Å². The highest BCUT2D eigenvalue weighted by atomic mass is 35.5. The summed E-state index contributed by atoms with van der Waals surface area (Å²) in [7, 11) is 0. The predicted molar refractivity (Wildman–Crippen MR) is 187 cm³/mol. The highest BCUT2D eigenvalue weighted by Crippen LogP contribution is 2.36. The molecule has 1 saturated heterocycles. The summed E-state index contributed by atoms with van der Waals surface area (Å²) in [6.45, 7) is 18.1. The molecule has 0 radical (unpaired) electrons. The normalized spacial score (nSPS) is 19.9. The zero-order valence-corrected chi connectivity index (χ0v) is 28.1.